The van der Waals surface area contributed by atoms with E-state index < -0.39 is 0 Å². The van der Waals surface area contributed by atoms with Crippen LogP contribution in [0.5, 0.6) is 0 Å². The number of likely N-dealkylation sites (N-methyl/N-ethyl adjacent to an activating group) is 1. The van der Waals surface area contributed by atoms with Gasteiger partial charge in [-0.15, -0.1) is 11.3 Å². The molecule has 0 spiro atoms. The van der Waals surface area contributed by atoms with Crippen LogP contribution in [0.15, 0.2) is 30.3 Å². The van der Waals surface area contributed by atoms with Gasteiger partial charge in [-0.25, -0.2) is 4.79 Å². The SMILES string of the molecule is COC(=O)c1c(NC(=O)CN(C)Cc2ccccc2)sc2c1CCCC2. The number of benzene rings is 1. The van der Waals surface area contributed by atoms with Gasteiger partial charge < -0.3 is 10.1 Å². The summed E-state index contributed by atoms with van der Waals surface area (Å²) in [5, 5.41) is 3.56. The second-order valence-corrected chi connectivity index (χ2v) is 7.72. The van der Waals surface area contributed by atoms with Gasteiger partial charge in [0.1, 0.15) is 5.00 Å². The molecule has 138 valence electrons. The number of anilines is 1. The Hall–Kier alpha value is -2.18. The molecule has 6 heteroatoms. The molecule has 2 aromatic rings. The highest BCUT2D eigenvalue weighted by Crippen LogP contribution is 2.38. The fourth-order valence-corrected chi connectivity index (χ4v) is 4.63. The molecule has 1 aromatic carbocycles. The number of fused-ring (bicyclic) bond motifs is 1. The van der Waals surface area contributed by atoms with Crippen molar-refractivity contribution >= 4 is 28.2 Å². The van der Waals surface area contributed by atoms with Crippen molar-refractivity contribution in [3.63, 3.8) is 0 Å². The van der Waals surface area contributed by atoms with Crippen LogP contribution < -0.4 is 5.32 Å². The standard InChI is InChI=1S/C20H24N2O3S/c1-22(12-14-8-4-3-5-9-14)13-17(23)21-19-18(20(24)25-2)15-10-6-7-11-16(15)26-19/h3-5,8-9H,6-7,10-13H2,1-2H3,(H,21,23). The third-order valence-corrected chi connectivity index (χ3v) is 5.73. The highest BCUT2D eigenvalue weighted by Gasteiger charge is 2.27. The summed E-state index contributed by atoms with van der Waals surface area (Å²) in [5.74, 6) is -0.482. The number of aryl methyl sites for hydroxylation is 1. The van der Waals surface area contributed by atoms with Crippen molar-refractivity contribution in [2.45, 2.75) is 32.2 Å². The zero-order valence-corrected chi connectivity index (χ0v) is 16.0. The molecule has 1 N–H and O–H groups in total. The average Bonchev–Trinajstić information content (AvgIpc) is 2.99. The van der Waals surface area contributed by atoms with Crippen molar-refractivity contribution < 1.29 is 14.3 Å². The van der Waals surface area contributed by atoms with Crippen molar-refractivity contribution in [2.75, 3.05) is 26.0 Å². The predicted octanol–water partition coefficient (Wildman–Crippen LogP) is 3.48. The summed E-state index contributed by atoms with van der Waals surface area (Å²) in [7, 11) is 3.29. The summed E-state index contributed by atoms with van der Waals surface area (Å²) >= 11 is 1.51. The Morgan fingerprint density at radius 2 is 1.92 bits per heavy atom. The van der Waals surface area contributed by atoms with E-state index in [4.69, 9.17) is 4.74 Å². The Balaban J connectivity index is 1.69. The van der Waals surface area contributed by atoms with Gasteiger partial charge in [-0.2, -0.15) is 0 Å². The molecule has 0 saturated carbocycles. The fourth-order valence-electron chi connectivity index (χ4n) is 3.33. The number of hydrogen-bond donors (Lipinski definition) is 1. The minimum atomic E-state index is -0.364. The first-order chi connectivity index (χ1) is 12.6. The molecule has 0 saturated heterocycles. The molecule has 0 unspecified atom stereocenters. The number of carbonyl (C=O) groups is 2. The number of hydrogen-bond acceptors (Lipinski definition) is 5. The van der Waals surface area contributed by atoms with Gasteiger partial charge in [0.15, 0.2) is 0 Å². The summed E-state index contributed by atoms with van der Waals surface area (Å²) in [5.41, 5.74) is 2.76. The Labute approximate surface area is 158 Å². The molecule has 0 atom stereocenters. The van der Waals surface area contributed by atoms with Crippen molar-refractivity contribution in [3.05, 3.63) is 51.9 Å². The zero-order chi connectivity index (χ0) is 18.5. The van der Waals surface area contributed by atoms with E-state index in [-0.39, 0.29) is 18.4 Å². The van der Waals surface area contributed by atoms with Crippen molar-refractivity contribution in [3.8, 4) is 0 Å². The van der Waals surface area contributed by atoms with Gasteiger partial charge in [0.05, 0.1) is 19.2 Å². The Kier molecular flexibility index (Phi) is 6.06. The topological polar surface area (TPSA) is 58.6 Å². The van der Waals surface area contributed by atoms with E-state index in [0.717, 1.165) is 36.8 Å². The van der Waals surface area contributed by atoms with E-state index in [0.29, 0.717) is 17.1 Å². The summed E-state index contributed by atoms with van der Waals surface area (Å²) in [6, 6.07) is 10.0. The molecular weight excluding hydrogens is 348 g/mol. The number of ether oxygens (including phenoxy) is 1. The van der Waals surface area contributed by atoms with Gasteiger partial charge >= 0.3 is 5.97 Å². The summed E-state index contributed by atoms with van der Waals surface area (Å²) in [6.45, 7) is 0.955. The lowest BCUT2D eigenvalue weighted by molar-refractivity contribution is -0.117. The molecule has 0 fully saturated rings. The van der Waals surface area contributed by atoms with Gasteiger partial charge in [-0.1, -0.05) is 30.3 Å². The van der Waals surface area contributed by atoms with E-state index in [2.05, 4.69) is 5.32 Å². The second-order valence-electron chi connectivity index (χ2n) is 6.61. The van der Waals surface area contributed by atoms with Crippen LogP contribution in [0.4, 0.5) is 5.00 Å². The van der Waals surface area contributed by atoms with Crippen molar-refractivity contribution in [1.29, 1.82) is 0 Å². The lowest BCUT2D eigenvalue weighted by atomic mass is 9.95. The highest BCUT2D eigenvalue weighted by atomic mass is 32.1. The number of esters is 1. The molecule has 0 radical (unpaired) electrons. The van der Waals surface area contributed by atoms with Crippen LogP contribution in [0, 0.1) is 0 Å². The quantitative estimate of drug-likeness (QED) is 0.789. The Morgan fingerprint density at radius 1 is 1.19 bits per heavy atom. The number of carbonyl (C=O) groups excluding carboxylic acids is 2. The van der Waals surface area contributed by atoms with Crippen LogP contribution in [0.2, 0.25) is 0 Å². The van der Waals surface area contributed by atoms with Crippen LogP contribution in [0.1, 0.15) is 39.2 Å². The van der Waals surface area contributed by atoms with Gasteiger partial charge in [-0.05, 0) is 43.9 Å². The molecular formula is C20H24N2O3S. The van der Waals surface area contributed by atoms with Crippen LogP contribution in [-0.2, 0) is 28.9 Å². The van der Waals surface area contributed by atoms with Crippen LogP contribution in [0.25, 0.3) is 0 Å². The lowest BCUT2D eigenvalue weighted by Gasteiger charge is -2.16. The Morgan fingerprint density at radius 3 is 2.65 bits per heavy atom. The van der Waals surface area contributed by atoms with E-state index >= 15 is 0 Å². The Bertz CT molecular complexity index is 786. The third-order valence-electron chi connectivity index (χ3n) is 4.52. The van der Waals surface area contributed by atoms with Gasteiger partial charge in [0, 0.05) is 11.4 Å². The minimum absolute atomic E-state index is 0.118. The second kappa shape index (κ2) is 8.47. The number of rotatable bonds is 6. The monoisotopic (exact) mass is 372 g/mol. The maximum atomic E-state index is 12.5. The molecule has 1 aliphatic rings. The molecule has 26 heavy (non-hydrogen) atoms. The van der Waals surface area contributed by atoms with Crippen molar-refractivity contribution in [2.24, 2.45) is 0 Å². The number of nitrogens with zero attached hydrogens (tertiary/aromatic N) is 1. The van der Waals surface area contributed by atoms with Crippen molar-refractivity contribution in [1.82, 2.24) is 4.90 Å². The van der Waals surface area contributed by atoms with Gasteiger partial charge in [0.25, 0.3) is 0 Å². The average molecular weight is 372 g/mol. The number of methoxy groups -OCH3 is 1. The first-order valence-corrected chi connectivity index (χ1v) is 9.65. The van der Waals surface area contributed by atoms with Gasteiger partial charge in [0.2, 0.25) is 5.91 Å². The normalized spacial score (nSPS) is 13.3. The smallest absolute Gasteiger partial charge is 0.341 e. The van der Waals surface area contributed by atoms with Crippen LogP contribution >= 0.6 is 11.3 Å². The van der Waals surface area contributed by atoms with E-state index in [1.54, 1.807) is 0 Å². The van der Waals surface area contributed by atoms with Gasteiger partial charge in [-0.3, -0.25) is 9.69 Å². The molecule has 0 aliphatic heterocycles. The summed E-state index contributed by atoms with van der Waals surface area (Å²) in [6.07, 6.45) is 4.04. The maximum Gasteiger partial charge on any atom is 0.341 e. The molecule has 1 amide bonds. The van der Waals surface area contributed by atoms with E-state index in [1.165, 1.54) is 23.3 Å². The largest absolute Gasteiger partial charge is 0.465 e. The molecule has 1 heterocycles. The first-order valence-electron chi connectivity index (χ1n) is 8.83. The summed E-state index contributed by atoms with van der Waals surface area (Å²) in [4.78, 5) is 27.9. The highest BCUT2D eigenvalue weighted by molar-refractivity contribution is 7.17. The van der Waals surface area contributed by atoms with E-state index in [1.807, 2.05) is 42.3 Å². The maximum absolute atomic E-state index is 12.5. The lowest BCUT2D eigenvalue weighted by Crippen LogP contribution is -2.30. The zero-order valence-electron chi connectivity index (χ0n) is 15.2. The van der Waals surface area contributed by atoms with Crippen LogP contribution in [-0.4, -0.2) is 37.5 Å². The molecule has 1 aliphatic carbocycles. The third kappa shape index (κ3) is 4.31. The molecule has 3 rings (SSSR count). The minimum Gasteiger partial charge on any atom is -0.465 e. The molecule has 1 aromatic heterocycles. The molecule has 5 nitrogen and oxygen atoms in total. The number of amides is 1. The first kappa shape index (κ1) is 18.6. The summed E-state index contributed by atoms with van der Waals surface area (Å²) < 4.78 is 4.95. The van der Waals surface area contributed by atoms with E-state index in [9.17, 15) is 9.59 Å². The number of nitrogens with one attached hydrogen (secondary N) is 1. The number of thiophene rings is 1. The van der Waals surface area contributed by atoms with Crippen LogP contribution in [0.3, 0.4) is 0 Å². The molecule has 0 bridgehead atoms. The fraction of sp³-hybridized carbons (Fsp3) is 0.400. The predicted molar refractivity (Wildman–Crippen MR) is 104 cm³/mol.